The first-order valence-corrected chi connectivity index (χ1v) is 26.6. The van der Waals surface area contributed by atoms with Crippen molar-refractivity contribution in [3.63, 3.8) is 0 Å². The Bertz CT molecular complexity index is 2470. The lowest BCUT2D eigenvalue weighted by Gasteiger charge is -2.40. The highest BCUT2D eigenvalue weighted by molar-refractivity contribution is 6.34. The number of rotatable bonds is 9. The molecule has 7 aliphatic rings. The highest BCUT2D eigenvalue weighted by Crippen LogP contribution is 2.51. The molecule has 0 radical (unpaired) electrons. The number of ketones is 2. The van der Waals surface area contributed by atoms with Gasteiger partial charge in [-0.15, -0.1) is 0 Å². The van der Waals surface area contributed by atoms with E-state index in [4.69, 9.17) is 23.9 Å². The van der Waals surface area contributed by atoms with Gasteiger partial charge < -0.3 is 49.6 Å². The van der Waals surface area contributed by atoms with Gasteiger partial charge in [0.05, 0.1) is 35.2 Å². The number of phenolic OH excluding ortho intramolecular Hbond substituents is 1. The molecule has 16 heteroatoms. The van der Waals surface area contributed by atoms with Gasteiger partial charge in [0.15, 0.2) is 11.4 Å². The predicted octanol–water partition coefficient (Wildman–Crippen LogP) is 7.49. The van der Waals surface area contributed by atoms with E-state index in [0.717, 1.165) is 45.6 Å². The van der Waals surface area contributed by atoms with Crippen molar-refractivity contribution < 1.29 is 53.1 Å². The summed E-state index contributed by atoms with van der Waals surface area (Å²) in [5, 5.41) is 29.5. The summed E-state index contributed by atoms with van der Waals surface area (Å²) in [6.07, 6.45) is 11.5. The Hall–Kier alpha value is -5.16. The smallest absolute Gasteiger partial charge is 0.317 e. The number of amides is 1. The summed E-state index contributed by atoms with van der Waals surface area (Å²) in [6, 6.07) is 0. The van der Waals surface area contributed by atoms with Crippen LogP contribution in [0.2, 0.25) is 0 Å². The fourth-order valence-corrected chi connectivity index (χ4v) is 11.7. The molecule has 16 nitrogen and oxygen atoms in total. The van der Waals surface area contributed by atoms with Crippen molar-refractivity contribution in [2.45, 2.75) is 157 Å². The van der Waals surface area contributed by atoms with E-state index in [1.54, 1.807) is 46.8 Å². The van der Waals surface area contributed by atoms with E-state index in [1.165, 1.54) is 0 Å². The number of carbonyl (C=O) groups is 5. The van der Waals surface area contributed by atoms with Gasteiger partial charge in [-0.1, -0.05) is 71.9 Å². The lowest BCUT2D eigenvalue weighted by atomic mass is 9.79. The predicted molar refractivity (Wildman–Crippen MR) is 278 cm³/mol. The van der Waals surface area contributed by atoms with Crippen molar-refractivity contribution >= 4 is 35.1 Å². The first-order chi connectivity index (χ1) is 34.3. The number of nitrogens with one attached hydrogen (secondary N) is 2. The zero-order valence-corrected chi connectivity index (χ0v) is 45.3. The Morgan fingerprint density at radius 2 is 1.68 bits per heavy atom. The van der Waals surface area contributed by atoms with Crippen molar-refractivity contribution in [1.29, 1.82) is 0 Å². The zero-order chi connectivity index (χ0) is 53.3. The molecule has 1 aromatic rings. The Morgan fingerprint density at radius 3 is 2.36 bits per heavy atom. The number of ether oxygens (including phenoxy) is 4. The molecule has 73 heavy (non-hydrogen) atoms. The number of likely N-dealkylation sites (tertiary alicyclic amines) is 2. The summed E-state index contributed by atoms with van der Waals surface area (Å²) in [4.78, 5) is 80.7. The maximum absolute atomic E-state index is 15.0. The van der Waals surface area contributed by atoms with Crippen molar-refractivity contribution in [3.8, 4) is 11.5 Å². The van der Waals surface area contributed by atoms with Gasteiger partial charge in [0.1, 0.15) is 35.4 Å². The fraction of sp³-hybridized carbons (Fsp3) is 0.649. The fourth-order valence-electron chi connectivity index (χ4n) is 11.7. The topological polar surface area (TPSA) is 206 Å². The van der Waals surface area contributed by atoms with Crippen LogP contribution < -0.4 is 15.4 Å². The second-order valence-electron chi connectivity index (χ2n) is 23.2. The molecule has 1 aromatic carbocycles. The van der Waals surface area contributed by atoms with Gasteiger partial charge in [0.25, 0.3) is 5.91 Å². The minimum absolute atomic E-state index is 0.0437. The minimum atomic E-state index is -1.54. The molecule has 0 saturated carbocycles. The molecule has 8 rings (SSSR count). The molecule has 1 spiro atoms. The lowest BCUT2D eigenvalue weighted by molar-refractivity contribution is -0.237. The SMILES string of the molecule is C/C1=C/C=C/[C@H](C)C[C@@H](C)[C@@H](OC(C)(C)O)[C@@H](C)[C@H](OC(=O)CC(=O)OCC2CCCN(C)C2)[C@H](C)C/C=C/C[C@@]2(C)Oc3c(C)c(O)c4c(c3C2=O)C2=NC3(CCN(CC(C)C)CC3)NC2=C(NC1=O)C4=O. The highest BCUT2D eigenvalue weighted by atomic mass is 16.6. The van der Waals surface area contributed by atoms with Crippen LogP contribution in [-0.2, 0) is 28.6 Å². The Morgan fingerprint density at radius 1 is 0.973 bits per heavy atom. The van der Waals surface area contributed by atoms with E-state index in [1.807, 2.05) is 53.0 Å². The third-order valence-electron chi connectivity index (χ3n) is 15.5. The van der Waals surface area contributed by atoms with E-state index < -0.39 is 65.2 Å². The molecule has 2 fully saturated rings. The molecule has 2 saturated heterocycles. The van der Waals surface area contributed by atoms with Crippen molar-refractivity contribution in [2.24, 2.45) is 40.5 Å². The number of carbonyl (C=O) groups excluding carboxylic acids is 5. The quantitative estimate of drug-likeness (QED) is 0.0820. The Kier molecular flexibility index (Phi) is 17.0. The Labute approximate surface area is 432 Å². The molecule has 6 heterocycles. The zero-order valence-electron chi connectivity index (χ0n) is 45.3. The number of aliphatic hydroxyl groups is 1. The van der Waals surface area contributed by atoms with E-state index in [2.05, 4.69) is 34.3 Å². The van der Waals surface area contributed by atoms with E-state index >= 15 is 4.79 Å². The van der Waals surface area contributed by atoms with Gasteiger partial charge in [-0.05, 0) is 97.6 Å². The maximum atomic E-state index is 15.0. The van der Waals surface area contributed by atoms with Crippen LogP contribution in [-0.4, -0.2) is 131 Å². The van der Waals surface area contributed by atoms with Crippen molar-refractivity contribution in [1.82, 2.24) is 20.4 Å². The molecule has 4 N–H and O–H groups in total. The van der Waals surface area contributed by atoms with Crippen LogP contribution in [0.15, 0.2) is 52.3 Å². The van der Waals surface area contributed by atoms with Crippen molar-refractivity contribution in [3.05, 3.63) is 69.6 Å². The number of aromatic hydroxyl groups is 1. The summed E-state index contributed by atoms with van der Waals surface area (Å²) in [6.45, 7) is 24.8. The van der Waals surface area contributed by atoms with Gasteiger partial charge >= 0.3 is 11.9 Å². The molecular formula is C57H81N5O11. The standard InChI is InChI=1S/C57H81N5O11/c1-32(2)29-62-25-22-57(23-26-62)59-45-42-43-48(65)37(7)52-44(42)53(67)56(11,73-52)21-14-13-18-34(4)50(71-41(64)28-40(63)70-31-39-20-16-24-61(12)30-39)38(8)51(72-55(9,10)69)36(6)27-33(3)17-15-19-35(5)54(68)58-47(49(43)66)46(45)60-57/h13-15,17,19,32-34,36,38-39,50-51,60,65,69H,16,18,20-31H2,1-12H3,(H,58,68)/b14-13+,17-15+,35-19-/t33-,34+,36+,38-,39?,50+,51+,56+/m0/s1. The van der Waals surface area contributed by atoms with Crippen LogP contribution in [0.1, 0.15) is 152 Å². The van der Waals surface area contributed by atoms with Crippen LogP contribution in [0, 0.1) is 42.4 Å². The van der Waals surface area contributed by atoms with Crippen LogP contribution in [0.4, 0.5) is 0 Å². The van der Waals surface area contributed by atoms with Gasteiger partial charge in [-0.2, -0.15) is 0 Å². The summed E-state index contributed by atoms with van der Waals surface area (Å²) in [5.41, 5.74) is -0.924. The second kappa shape index (κ2) is 22.4. The third kappa shape index (κ3) is 12.5. The largest absolute Gasteiger partial charge is 0.507 e. The summed E-state index contributed by atoms with van der Waals surface area (Å²) < 4.78 is 24.8. The first kappa shape index (κ1) is 55.6. The van der Waals surface area contributed by atoms with Crippen LogP contribution in [0.5, 0.6) is 11.5 Å². The molecule has 8 atom stereocenters. The monoisotopic (exact) mass is 1010 g/mol. The maximum Gasteiger partial charge on any atom is 0.317 e. The third-order valence-corrected chi connectivity index (χ3v) is 15.5. The number of benzene rings is 1. The summed E-state index contributed by atoms with van der Waals surface area (Å²) in [5.74, 6) is -5.06. The first-order valence-electron chi connectivity index (χ1n) is 26.6. The number of hydrogen-bond acceptors (Lipinski definition) is 15. The number of piperidine rings is 2. The molecule has 1 unspecified atom stereocenters. The van der Waals surface area contributed by atoms with E-state index in [0.29, 0.717) is 48.6 Å². The van der Waals surface area contributed by atoms with Gasteiger partial charge in [-0.25, -0.2) is 0 Å². The normalized spacial score (nSPS) is 31.0. The van der Waals surface area contributed by atoms with Gasteiger partial charge in [-0.3, -0.25) is 29.0 Å². The number of Topliss-reactive ketones (excluding diaryl/α,β-unsaturated/α-hetero) is 2. The van der Waals surface area contributed by atoms with Gasteiger partial charge in [0, 0.05) is 74.0 Å². The minimum Gasteiger partial charge on any atom is -0.507 e. The van der Waals surface area contributed by atoms with Crippen LogP contribution in [0.3, 0.4) is 0 Å². The molecule has 0 aromatic heterocycles. The highest BCUT2D eigenvalue weighted by Gasteiger charge is 2.53. The van der Waals surface area contributed by atoms with Crippen LogP contribution in [0.25, 0.3) is 0 Å². The number of hydrogen-bond donors (Lipinski definition) is 4. The second-order valence-corrected chi connectivity index (χ2v) is 23.2. The Balaban J connectivity index is 1.24. The molecule has 1 aliphatic carbocycles. The molecule has 5 bridgehead atoms. The lowest BCUT2D eigenvalue weighted by Crippen LogP contribution is -2.50. The molecule has 6 aliphatic heterocycles. The van der Waals surface area contributed by atoms with E-state index in [-0.39, 0.29) is 81.9 Å². The summed E-state index contributed by atoms with van der Waals surface area (Å²) >= 11 is 0. The summed E-state index contributed by atoms with van der Waals surface area (Å²) in [7, 11) is 2.04. The molecular weight excluding hydrogens is 931 g/mol. The number of aliphatic imine (C=N–C) groups is 1. The molecule has 1 amide bonds. The average Bonchev–Trinajstić information content (AvgIpc) is 3.81. The van der Waals surface area contributed by atoms with Gasteiger partial charge in [0.2, 0.25) is 11.6 Å². The van der Waals surface area contributed by atoms with Crippen molar-refractivity contribution in [2.75, 3.05) is 46.4 Å². The van der Waals surface area contributed by atoms with Crippen LogP contribution >= 0.6 is 0 Å². The number of fused-ring (bicyclic) bond motifs is 13. The number of nitrogens with zero attached hydrogens (tertiary/aromatic N) is 3. The average molecular weight is 1010 g/mol. The number of esters is 2. The van der Waals surface area contributed by atoms with E-state index in [9.17, 15) is 29.4 Å². The number of allylic oxidation sites excluding steroid dienone is 6. The molecule has 400 valence electrons. The number of phenols is 1.